The number of para-hydroxylation sites is 1. The van der Waals surface area contributed by atoms with Gasteiger partial charge in [0.15, 0.2) is 6.20 Å². The molecule has 2 heteroatoms. The molecule has 0 aliphatic rings. The van der Waals surface area contributed by atoms with Gasteiger partial charge < -0.3 is 4.57 Å². The number of aromatic nitrogens is 2. The first-order valence-corrected chi connectivity index (χ1v) is 11.2. The maximum Gasteiger partial charge on any atom is 0.230 e. The van der Waals surface area contributed by atoms with Crippen LogP contribution in [0.3, 0.4) is 0 Å². The van der Waals surface area contributed by atoms with E-state index in [-0.39, 0.29) is 0 Å². The summed E-state index contributed by atoms with van der Waals surface area (Å²) in [5.74, 6) is 0.905. The largest absolute Gasteiger partial charge is 0.311 e. The molecule has 0 fully saturated rings. The highest BCUT2D eigenvalue weighted by atomic mass is 15.0. The van der Waals surface area contributed by atoms with Crippen LogP contribution in [0.15, 0.2) is 79.1 Å². The molecule has 2 aromatic heterocycles. The number of benzene rings is 2. The molecule has 2 aromatic carbocycles. The number of pyridine rings is 1. The van der Waals surface area contributed by atoms with Crippen molar-refractivity contribution < 1.29 is 4.57 Å². The molecule has 4 aromatic rings. The van der Waals surface area contributed by atoms with E-state index in [0.717, 1.165) is 0 Å². The lowest BCUT2D eigenvalue weighted by Gasteiger charge is -2.22. The highest BCUT2D eigenvalue weighted by Gasteiger charge is 2.23. The summed E-state index contributed by atoms with van der Waals surface area (Å²) in [5.41, 5.74) is 10.4. The summed E-state index contributed by atoms with van der Waals surface area (Å²) in [6, 6.07) is 24.2. The normalized spacial score (nSPS) is 11.5. The lowest BCUT2D eigenvalue weighted by atomic mass is 9.92. The van der Waals surface area contributed by atoms with Crippen LogP contribution in [0.4, 0.5) is 0 Å². The molecule has 0 aliphatic heterocycles. The first-order chi connectivity index (χ1) is 14.9. The maximum absolute atomic E-state index is 2.42. The van der Waals surface area contributed by atoms with Crippen molar-refractivity contribution in [3.05, 3.63) is 95.8 Å². The number of nitrogens with zero attached hydrogens (tertiary/aromatic N) is 2. The summed E-state index contributed by atoms with van der Waals surface area (Å²) in [4.78, 5) is 0. The van der Waals surface area contributed by atoms with Crippen LogP contribution in [0.1, 0.15) is 56.2 Å². The minimum atomic E-state index is 0.452. The summed E-state index contributed by atoms with van der Waals surface area (Å²) in [5, 5.41) is 0. The van der Waals surface area contributed by atoms with Gasteiger partial charge in [-0.15, -0.1) is 0 Å². The van der Waals surface area contributed by atoms with Gasteiger partial charge in [0, 0.05) is 18.3 Å². The van der Waals surface area contributed by atoms with Gasteiger partial charge in [0.1, 0.15) is 12.7 Å². The third-order valence-corrected chi connectivity index (χ3v) is 6.17. The third kappa shape index (κ3) is 3.95. The molecule has 2 heterocycles. The fraction of sp³-hybridized carbons (Fsp3) is 0.276. The second-order valence-corrected chi connectivity index (χ2v) is 9.09. The molecule has 0 saturated carbocycles. The molecular weight excluding hydrogens is 376 g/mol. The fourth-order valence-corrected chi connectivity index (χ4v) is 4.45. The average molecular weight is 410 g/mol. The second kappa shape index (κ2) is 8.55. The van der Waals surface area contributed by atoms with Crippen molar-refractivity contribution in [2.75, 3.05) is 0 Å². The van der Waals surface area contributed by atoms with E-state index in [0.29, 0.717) is 11.8 Å². The minimum Gasteiger partial charge on any atom is -0.311 e. The highest BCUT2D eigenvalue weighted by molar-refractivity contribution is 5.71. The predicted molar refractivity (Wildman–Crippen MR) is 131 cm³/mol. The number of hydrogen-bond acceptors (Lipinski definition) is 0. The van der Waals surface area contributed by atoms with E-state index in [2.05, 4.69) is 130 Å². The van der Waals surface area contributed by atoms with Gasteiger partial charge >= 0.3 is 0 Å². The summed E-state index contributed by atoms with van der Waals surface area (Å²) in [6.07, 6.45) is 4.42. The van der Waals surface area contributed by atoms with Crippen molar-refractivity contribution in [2.24, 2.45) is 7.05 Å². The summed E-state index contributed by atoms with van der Waals surface area (Å²) >= 11 is 0. The monoisotopic (exact) mass is 409 g/mol. The van der Waals surface area contributed by atoms with Crippen LogP contribution in [-0.4, -0.2) is 4.57 Å². The van der Waals surface area contributed by atoms with E-state index >= 15 is 0 Å². The second-order valence-electron chi connectivity index (χ2n) is 9.09. The Balaban J connectivity index is 1.98. The van der Waals surface area contributed by atoms with Crippen molar-refractivity contribution in [1.82, 2.24) is 4.57 Å². The lowest BCUT2D eigenvalue weighted by molar-refractivity contribution is -0.660. The maximum atomic E-state index is 2.42. The van der Waals surface area contributed by atoms with Gasteiger partial charge in [-0.05, 0) is 52.6 Å². The molecule has 0 atom stereocenters. The molecule has 0 bridgehead atoms. The summed E-state index contributed by atoms with van der Waals surface area (Å²) in [6.45, 7) is 11.4. The Kier molecular flexibility index (Phi) is 5.82. The van der Waals surface area contributed by atoms with E-state index in [1.807, 2.05) is 0 Å². The average Bonchev–Trinajstić information content (AvgIpc) is 3.15. The van der Waals surface area contributed by atoms with Gasteiger partial charge in [0.05, 0.1) is 5.69 Å². The lowest BCUT2D eigenvalue weighted by Crippen LogP contribution is -2.31. The molecule has 0 unspecified atom stereocenters. The van der Waals surface area contributed by atoms with Crippen molar-refractivity contribution in [2.45, 2.75) is 46.5 Å². The van der Waals surface area contributed by atoms with Crippen molar-refractivity contribution in [3.63, 3.8) is 0 Å². The molecule has 0 radical (unpaired) electrons. The van der Waals surface area contributed by atoms with Crippen molar-refractivity contribution in [1.29, 1.82) is 0 Å². The number of rotatable bonds is 5. The smallest absolute Gasteiger partial charge is 0.230 e. The summed E-state index contributed by atoms with van der Waals surface area (Å²) in [7, 11) is 2.14. The SMILES string of the molecule is Cc1ccn(-c2c(C(C)C)cccc2C(C)C)c1-c1cc(-c2ccccc2)cc[n+]1C. The van der Waals surface area contributed by atoms with E-state index < -0.39 is 0 Å². The zero-order chi connectivity index (χ0) is 22.1. The standard InChI is InChI=1S/C29H33N2/c1-20(2)25-13-10-14-26(21(3)4)29(25)31-18-15-22(5)28(31)27-19-24(16-17-30(27)6)23-11-8-7-9-12-23/h7-21H,1-6H3/q+1. The summed E-state index contributed by atoms with van der Waals surface area (Å²) < 4.78 is 4.66. The van der Waals surface area contributed by atoms with Crippen LogP contribution in [-0.2, 0) is 7.05 Å². The third-order valence-electron chi connectivity index (χ3n) is 6.17. The quantitative estimate of drug-likeness (QED) is 0.308. The fourth-order valence-electron chi connectivity index (χ4n) is 4.45. The first kappa shape index (κ1) is 21.1. The Hall–Kier alpha value is -3.13. The Morgan fingerprint density at radius 1 is 0.742 bits per heavy atom. The van der Waals surface area contributed by atoms with Gasteiger partial charge in [0.2, 0.25) is 5.69 Å². The van der Waals surface area contributed by atoms with E-state index in [1.165, 1.54) is 44.9 Å². The zero-order valence-corrected chi connectivity index (χ0v) is 19.6. The zero-order valence-electron chi connectivity index (χ0n) is 19.6. The van der Waals surface area contributed by atoms with Crippen LogP contribution >= 0.6 is 0 Å². The van der Waals surface area contributed by atoms with Crippen LogP contribution in [0.25, 0.3) is 28.2 Å². The van der Waals surface area contributed by atoms with Gasteiger partial charge in [-0.3, -0.25) is 0 Å². The van der Waals surface area contributed by atoms with Gasteiger partial charge in [-0.25, -0.2) is 0 Å². The topological polar surface area (TPSA) is 8.81 Å². The van der Waals surface area contributed by atoms with E-state index in [4.69, 9.17) is 0 Å². The van der Waals surface area contributed by atoms with Crippen LogP contribution < -0.4 is 4.57 Å². The molecule has 0 spiro atoms. The van der Waals surface area contributed by atoms with Crippen LogP contribution in [0.2, 0.25) is 0 Å². The Labute approximate surface area is 186 Å². The van der Waals surface area contributed by atoms with Crippen molar-refractivity contribution >= 4 is 0 Å². The molecule has 2 nitrogen and oxygen atoms in total. The minimum absolute atomic E-state index is 0.452. The molecular formula is C29H33N2+. The Bertz CT molecular complexity index is 1170. The number of aryl methyl sites for hydroxylation is 2. The first-order valence-electron chi connectivity index (χ1n) is 11.2. The predicted octanol–water partition coefficient (Wildman–Crippen LogP) is 7.19. The Morgan fingerprint density at radius 3 is 2.00 bits per heavy atom. The molecule has 0 amide bonds. The molecule has 0 saturated heterocycles. The highest BCUT2D eigenvalue weighted by Crippen LogP contribution is 2.36. The van der Waals surface area contributed by atoms with E-state index in [1.54, 1.807) is 0 Å². The van der Waals surface area contributed by atoms with Gasteiger partial charge in [0.25, 0.3) is 0 Å². The van der Waals surface area contributed by atoms with E-state index in [9.17, 15) is 0 Å². The van der Waals surface area contributed by atoms with Crippen LogP contribution in [0.5, 0.6) is 0 Å². The van der Waals surface area contributed by atoms with Crippen molar-refractivity contribution in [3.8, 4) is 28.2 Å². The van der Waals surface area contributed by atoms with Gasteiger partial charge in [-0.2, -0.15) is 4.57 Å². The molecule has 0 N–H and O–H groups in total. The van der Waals surface area contributed by atoms with Crippen LogP contribution in [0, 0.1) is 6.92 Å². The number of hydrogen-bond donors (Lipinski definition) is 0. The van der Waals surface area contributed by atoms with Gasteiger partial charge in [-0.1, -0.05) is 76.2 Å². The molecule has 0 aliphatic carbocycles. The Morgan fingerprint density at radius 2 is 1.39 bits per heavy atom. The molecule has 158 valence electrons. The molecule has 4 rings (SSSR count). The molecule has 31 heavy (non-hydrogen) atoms.